The second-order valence-electron chi connectivity index (χ2n) is 9.14. The summed E-state index contributed by atoms with van der Waals surface area (Å²) in [6, 6.07) is 18.3. The molecule has 0 spiro atoms. The van der Waals surface area contributed by atoms with Crippen LogP contribution in [-0.4, -0.2) is 54.8 Å². The number of amides is 1. The second kappa shape index (κ2) is 9.14. The van der Waals surface area contributed by atoms with Gasteiger partial charge in [0, 0.05) is 37.4 Å². The van der Waals surface area contributed by atoms with Gasteiger partial charge in [-0.15, -0.1) is 0 Å². The van der Waals surface area contributed by atoms with Crippen LogP contribution < -0.4 is 11.5 Å². The number of hydrogen-bond acceptors (Lipinski definition) is 8. The number of nitrogen functional groups attached to an aromatic ring is 1. The number of carbonyl (C=O) groups excluding carboxylic acids is 1. The minimum atomic E-state index is -0.121. The SMILES string of the molecule is CCn1c(-c2nonc2N)nc2c(-c3ccc(-c4ccccc4)cc3)ncc(C(=O)N3CCC(N)C3)c21. The van der Waals surface area contributed by atoms with Crippen LogP contribution in [-0.2, 0) is 6.54 Å². The van der Waals surface area contributed by atoms with E-state index < -0.39 is 0 Å². The molecule has 0 radical (unpaired) electrons. The lowest BCUT2D eigenvalue weighted by Gasteiger charge is -2.17. The Kier molecular flexibility index (Phi) is 5.65. The van der Waals surface area contributed by atoms with E-state index in [2.05, 4.69) is 34.6 Å². The van der Waals surface area contributed by atoms with Gasteiger partial charge < -0.3 is 20.9 Å². The van der Waals surface area contributed by atoms with Crippen molar-refractivity contribution < 1.29 is 9.42 Å². The number of benzene rings is 2. The number of imidazole rings is 1. The number of aromatic nitrogens is 5. The first kappa shape index (κ1) is 22.9. The van der Waals surface area contributed by atoms with Crippen molar-refractivity contribution in [3.8, 4) is 33.9 Å². The number of pyridine rings is 1. The van der Waals surface area contributed by atoms with Gasteiger partial charge in [0.15, 0.2) is 17.3 Å². The van der Waals surface area contributed by atoms with E-state index in [-0.39, 0.29) is 17.8 Å². The zero-order valence-corrected chi connectivity index (χ0v) is 20.3. The number of hydrogen-bond donors (Lipinski definition) is 2. The maximum absolute atomic E-state index is 13.6. The third kappa shape index (κ3) is 3.91. The first-order chi connectivity index (χ1) is 18.0. The number of fused-ring (bicyclic) bond motifs is 1. The van der Waals surface area contributed by atoms with Gasteiger partial charge in [-0.2, -0.15) is 0 Å². The van der Waals surface area contributed by atoms with Gasteiger partial charge in [0.2, 0.25) is 0 Å². The zero-order valence-electron chi connectivity index (χ0n) is 20.3. The van der Waals surface area contributed by atoms with Crippen molar-refractivity contribution in [3.05, 3.63) is 66.4 Å². The largest absolute Gasteiger partial charge is 0.379 e. The molecular weight excluding hydrogens is 468 g/mol. The molecule has 2 aromatic carbocycles. The normalized spacial score (nSPS) is 15.5. The minimum absolute atomic E-state index is 0.0255. The number of rotatable bonds is 5. The third-order valence-corrected chi connectivity index (χ3v) is 6.82. The lowest BCUT2D eigenvalue weighted by molar-refractivity contribution is 0.0792. The van der Waals surface area contributed by atoms with Gasteiger partial charge in [-0.05, 0) is 34.8 Å². The molecule has 1 unspecified atom stereocenters. The van der Waals surface area contributed by atoms with Crippen molar-refractivity contribution in [3.63, 3.8) is 0 Å². The number of aryl methyl sites for hydroxylation is 1. The highest BCUT2D eigenvalue weighted by molar-refractivity contribution is 6.08. The van der Waals surface area contributed by atoms with Crippen molar-refractivity contribution in [2.75, 3.05) is 18.8 Å². The fourth-order valence-corrected chi connectivity index (χ4v) is 4.94. The van der Waals surface area contributed by atoms with Crippen LogP contribution in [0.4, 0.5) is 5.82 Å². The Balaban J connectivity index is 1.53. The van der Waals surface area contributed by atoms with Crippen LogP contribution in [0.25, 0.3) is 44.9 Å². The summed E-state index contributed by atoms with van der Waals surface area (Å²) in [5.74, 6) is 0.479. The van der Waals surface area contributed by atoms with E-state index in [9.17, 15) is 4.79 Å². The van der Waals surface area contributed by atoms with E-state index in [1.165, 1.54) is 0 Å². The highest BCUT2D eigenvalue weighted by Gasteiger charge is 2.30. The molecule has 1 saturated heterocycles. The van der Waals surface area contributed by atoms with Crippen molar-refractivity contribution in [1.82, 2.24) is 29.7 Å². The summed E-state index contributed by atoms with van der Waals surface area (Å²) in [4.78, 5) is 25.0. The summed E-state index contributed by atoms with van der Waals surface area (Å²) < 4.78 is 6.77. The summed E-state index contributed by atoms with van der Waals surface area (Å²) in [6.45, 7) is 3.62. The first-order valence-corrected chi connectivity index (χ1v) is 12.2. The highest BCUT2D eigenvalue weighted by Crippen LogP contribution is 2.35. The van der Waals surface area contributed by atoms with Gasteiger partial charge in [0.25, 0.3) is 5.91 Å². The highest BCUT2D eigenvalue weighted by atomic mass is 16.6. The fourth-order valence-electron chi connectivity index (χ4n) is 4.94. The quantitative estimate of drug-likeness (QED) is 0.377. The predicted molar refractivity (Wildman–Crippen MR) is 140 cm³/mol. The number of nitrogens with two attached hydrogens (primary N) is 2. The number of anilines is 1. The van der Waals surface area contributed by atoms with E-state index >= 15 is 0 Å². The molecule has 4 heterocycles. The Labute approximate surface area is 212 Å². The van der Waals surface area contributed by atoms with Crippen LogP contribution in [0, 0.1) is 0 Å². The van der Waals surface area contributed by atoms with Crippen LogP contribution in [0.2, 0.25) is 0 Å². The third-order valence-electron chi connectivity index (χ3n) is 6.82. The molecule has 0 saturated carbocycles. The van der Waals surface area contributed by atoms with Crippen molar-refractivity contribution in [1.29, 1.82) is 0 Å². The molecule has 5 aromatic rings. The van der Waals surface area contributed by atoms with Gasteiger partial charge in [0.05, 0.1) is 16.8 Å². The Bertz CT molecular complexity index is 1590. The van der Waals surface area contributed by atoms with Crippen LogP contribution in [0.3, 0.4) is 0 Å². The molecule has 10 heteroatoms. The molecule has 1 fully saturated rings. The monoisotopic (exact) mass is 494 g/mol. The molecule has 6 rings (SSSR count). The maximum Gasteiger partial charge on any atom is 0.257 e. The maximum atomic E-state index is 13.6. The summed E-state index contributed by atoms with van der Waals surface area (Å²) in [6.07, 6.45) is 2.41. The predicted octanol–water partition coefficient (Wildman–Crippen LogP) is 3.59. The Hall–Kier alpha value is -4.57. The molecule has 4 N–H and O–H groups in total. The molecule has 1 aliphatic heterocycles. The summed E-state index contributed by atoms with van der Waals surface area (Å²) in [5, 5.41) is 7.69. The average Bonchev–Trinajstić information content (AvgIpc) is 3.66. The van der Waals surface area contributed by atoms with E-state index in [4.69, 9.17) is 26.1 Å². The van der Waals surface area contributed by atoms with Crippen LogP contribution in [0.1, 0.15) is 23.7 Å². The standard InChI is InChI=1S/C27H26N8O2/c1-2-35-24-20(27(36)34-13-12-19(28)15-34)14-30-21(22(24)31-26(35)23-25(29)33-37-32-23)18-10-8-17(9-11-18)16-6-4-3-5-7-16/h3-11,14,19H,2,12-13,15,28H2,1H3,(H2,29,33). The zero-order chi connectivity index (χ0) is 25.5. The van der Waals surface area contributed by atoms with Gasteiger partial charge in [-0.1, -0.05) is 54.6 Å². The molecule has 10 nitrogen and oxygen atoms in total. The summed E-state index contributed by atoms with van der Waals surface area (Å²) in [7, 11) is 0. The Morgan fingerprint density at radius 1 is 1.03 bits per heavy atom. The van der Waals surface area contributed by atoms with Gasteiger partial charge in [-0.25, -0.2) is 9.61 Å². The lowest BCUT2D eigenvalue weighted by Crippen LogP contribution is -2.32. The topological polar surface area (TPSA) is 142 Å². The van der Waals surface area contributed by atoms with E-state index in [1.54, 1.807) is 11.1 Å². The van der Waals surface area contributed by atoms with Crippen molar-refractivity contribution >= 4 is 22.8 Å². The lowest BCUT2D eigenvalue weighted by atomic mass is 10.0. The summed E-state index contributed by atoms with van der Waals surface area (Å²) >= 11 is 0. The number of carbonyl (C=O) groups is 1. The fraction of sp³-hybridized carbons (Fsp3) is 0.222. The average molecular weight is 495 g/mol. The molecule has 0 aliphatic carbocycles. The van der Waals surface area contributed by atoms with Gasteiger partial charge in [-0.3, -0.25) is 9.78 Å². The molecule has 0 bridgehead atoms. The number of likely N-dealkylation sites (tertiary alicyclic amines) is 1. The van der Waals surface area contributed by atoms with Crippen LogP contribution in [0.5, 0.6) is 0 Å². The minimum Gasteiger partial charge on any atom is -0.379 e. The van der Waals surface area contributed by atoms with Crippen molar-refractivity contribution in [2.24, 2.45) is 5.73 Å². The molecular formula is C27H26N8O2. The smallest absolute Gasteiger partial charge is 0.257 e. The van der Waals surface area contributed by atoms with E-state index in [0.29, 0.717) is 53.4 Å². The Morgan fingerprint density at radius 2 is 1.76 bits per heavy atom. The molecule has 3 aromatic heterocycles. The molecule has 1 atom stereocenters. The van der Waals surface area contributed by atoms with Gasteiger partial charge in [0.1, 0.15) is 5.52 Å². The Morgan fingerprint density at radius 3 is 2.41 bits per heavy atom. The van der Waals surface area contributed by atoms with E-state index in [1.807, 2.05) is 41.8 Å². The first-order valence-electron chi connectivity index (χ1n) is 12.2. The number of nitrogens with zero attached hydrogens (tertiary/aromatic N) is 6. The molecule has 1 aliphatic rings. The second-order valence-corrected chi connectivity index (χ2v) is 9.14. The van der Waals surface area contributed by atoms with Gasteiger partial charge >= 0.3 is 0 Å². The molecule has 1 amide bonds. The summed E-state index contributed by atoms with van der Waals surface area (Å²) in [5.41, 5.74) is 17.9. The van der Waals surface area contributed by atoms with Crippen LogP contribution >= 0.6 is 0 Å². The molecule has 186 valence electrons. The van der Waals surface area contributed by atoms with E-state index in [0.717, 1.165) is 23.1 Å². The van der Waals surface area contributed by atoms with Crippen molar-refractivity contribution in [2.45, 2.75) is 25.9 Å². The van der Waals surface area contributed by atoms with Crippen LogP contribution in [0.15, 0.2) is 65.4 Å². The molecule has 37 heavy (non-hydrogen) atoms.